The van der Waals surface area contributed by atoms with E-state index in [-0.39, 0.29) is 17.8 Å². The van der Waals surface area contributed by atoms with Crippen molar-refractivity contribution in [1.82, 2.24) is 0 Å². The molecule has 0 saturated heterocycles. The molecule has 6 atom stereocenters. The minimum absolute atomic E-state index is 0.196. The number of fused-ring (bicyclic) bond motifs is 5. The average molecular weight is 224 g/mol. The van der Waals surface area contributed by atoms with Crippen molar-refractivity contribution in [3.8, 4) is 0 Å². The predicted molar refractivity (Wildman–Crippen MR) is 54.7 cm³/mol. The van der Waals surface area contributed by atoms with Crippen LogP contribution in [0.5, 0.6) is 0 Å². The summed E-state index contributed by atoms with van der Waals surface area (Å²) in [5, 5.41) is 18.1. The summed E-state index contributed by atoms with van der Waals surface area (Å²) in [7, 11) is 0. The molecule has 88 valence electrons. The number of aliphatic carboxylic acids is 2. The van der Waals surface area contributed by atoms with Crippen molar-refractivity contribution in [3.05, 3.63) is 0 Å². The van der Waals surface area contributed by atoms with Crippen molar-refractivity contribution in [1.29, 1.82) is 0 Å². The van der Waals surface area contributed by atoms with Gasteiger partial charge in [-0.25, -0.2) is 0 Å². The van der Waals surface area contributed by atoms with Crippen LogP contribution < -0.4 is 0 Å². The molecule has 4 nitrogen and oxygen atoms in total. The van der Waals surface area contributed by atoms with Gasteiger partial charge in [0, 0.05) is 0 Å². The van der Waals surface area contributed by atoms with Crippen molar-refractivity contribution >= 4 is 11.9 Å². The fourth-order valence-electron chi connectivity index (χ4n) is 4.56. The summed E-state index contributed by atoms with van der Waals surface area (Å²) < 4.78 is 0. The van der Waals surface area contributed by atoms with Crippen LogP contribution in [0.3, 0.4) is 0 Å². The second-order valence-corrected chi connectivity index (χ2v) is 5.67. The normalized spacial score (nSPS) is 49.2. The summed E-state index contributed by atoms with van der Waals surface area (Å²) in [5.41, 5.74) is 0. The van der Waals surface area contributed by atoms with E-state index in [1.807, 2.05) is 0 Å². The Labute approximate surface area is 93.6 Å². The molecule has 0 heterocycles. The number of hydrogen-bond donors (Lipinski definition) is 2. The summed E-state index contributed by atoms with van der Waals surface area (Å²) in [4.78, 5) is 22.0. The highest BCUT2D eigenvalue weighted by atomic mass is 16.4. The van der Waals surface area contributed by atoms with Gasteiger partial charge in [0.2, 0.25) is 0 Å². The first-order valence-corrected chi connectivity index (χ1v) is 6.03. The number of hydrogen-bond acceptors (Lipinski definition) is 2. The highest BCUT2D eigenvalue weighted by Gasteiger charge is 2.58. The molecular weight excluding hydrogens is 208 g/mol. The molecule has 3 fully saturated rings. The molecule has 16 heavy (non-hydrogen) atoms. The van der Waals surface area contributed by atoms with Gasteiger partial charge >= 0.3 is 11.9 Å². The minimum Gasteiger partial charge on any atom is -0.481 e. The van der Waals surface area contributed by atoms with E-state index in [1.54, 1.807) is 0 Å². The summed E-state index contributed by atoms with van der Waals surface area (Å²) >= 11 is 0. The maximum Gasteiger partial charge on any atom is 0.306 e. The van der Waals surface area contributed by atoms with Crippen LogP contribution in [0.1, 0.15) is 25.7 Å². The van der Waals surface area contributed by atoms with Gasteiger partial charge in [0.1, 0.15) is 0 Å². The van der Waals surface area contributed by atoms with Crippen molar-refractivity contribution in [2.45, 2.75) is 25.7 Å². The Morgan fingerprint density at radius 2 is 1.50 bits per heavy atom. The van der Waals surface area contributed by atoms with Crippen LogP contribution in [0.25, 0.3) is 0 Å². The van der Waals surface area contributed by atoms with E-state index in [0.29, 0.717) is 24.2 Å². The first-order valence-electron chi connectivity index (χ1n) is 6.03. The van der Waals surface area contributed by atoms with Crippen molar-refractivity contribution in [3.63, 3.8) is 0 Å². The molecule has 0 aromatic rings. The molecule has 0 amide bonds. The second kappa shape index (κ2) is 3.22. The predicted octanol–water partition coefficient (Wildman–Crippen LogP) is 1.45. The third-order valence-corrected chi connectivity index (χ3v) is 5.13. The first kappa shape index (κ1) is 10.1. The van der Waals surface area contributed by atoms with Crippen LogP contribution in [0.2, 0.25) is 0 Å². The molecule has 2 bridgehead atoms. The van der Waals surface area contributed by atoms with Crippen molar-refractivity contribution in [2.24, 2.45) is 35.5 Å². The average Bonchev–Trinajstić information content (AvgIpc) is 2.87. The summed E-state index contributed by atoms with van der Waals surface area (Å²) in [6, 6.07) is 0. The van der Waals surface area contributed by atoms with Gasteiger partial charge < -0.3 is 10.2 Å². The maximum atomic E-state index is 11.1. The SMILES string of the molecule is O=C(O)[C@@H]1C[C@H]2[C@H](C1)[C@H]1C[C@@H]2[C@H](C(=O)O)C1. The second-order valence-electron chi connectivity index (χ2n) is 5.67. The van der Waals surface area contributed by atoms with E-state index in [0.717, 1.165) is 19.3 Å². The highest BCUT2D eigenvalue weighted by Crippen LogP contribution is 2.62. The Morgan fingerprint density at radius 1 is 0.812 bits per heavy atom. The topological polar surface area (TPSA) is 74.6 Å². The van der Waals surface area contributed by atoms with Gasteiger partial charge in [-0.05, 0) is 49.4 Å². The van der Waals surface area contributed by atoms with Gasteiger partial charge in [-0.1, -0.05) is 0 Å². The maximum absolute atomic E-state index is 11.1. The van der Waals surface area contributed by atoms with Gasteiger partial charge in [-0.2, -0.15) is 0 Å². The summed E-state index contributed by atoms with van der Waals surface area (Å²) in [6.07, 6.45) is 3.31. The van der Waals surface area contributed by atoms with E-state index in [4.69, 9.17) is 10.2 Å². The molecule has 0 spiro atoms. The van der Waals surface area contributed by atoms with Gasteiger partial charge in [0.05, 0.1) is 11.8 Å². The largest absolute Gasteiger partial charge is 0.481 e. The molecule has 3 aliphatic carbocycles. The number of carboxylic acids is 2. The van der Waals surface area contributed by atoms with Crippen LogP contribution in [0.4, 0.5) is 0 Å². The van der Waals surface area contributed by atoms with Gasteiger partial charge in [-0.3, -0.25) is 9.59 Å². The lowest BCUT2D eigenvalue weighted by Gasteiger charge is -2.28. The molecule has 0 radical (unpaired) electrons. The fraction of sp³-hybridized carbons (Fsp3) is 0.833. The molecule has 0 aliphatic heterocycles. The van der Waals surface area contributed by atoms with Gasteiger partial charge in [0.25, 0.3) is 0 Å². The third-order valence-electron chi connectivity index (χ3n) is 5.13. The lowest BCUT2D eigenvalue weighted by molar-refractivity contribution is -0.144. The molecule has 2 N–H and O–H groups in total. The third kappa shape index (κ3) is 1.22. The summed E-state index contributed by atoms with van der Waals surface area (Å²) in [5.74, 6) is -0.156. The highest BCUT2D eigenvalue weighted by molar-refractivity contribution is 5.72. The van der Waals surface area contributed by atoms with E-state index < -0.39 is 11.9 Å². The van der Waals surface area contributed by atoms with Gasteiger partial charge in [0.15, 0.2) is 0 Å². The Bertz CT molecular complexity index is 351. The first-order chi connectivity index (χ1) is 7.58. The Balaban J connectivity index is 1.79. The molecule has 0 aromatic carbocycles. The molecular formula is C12H16O4. The van der Waals surface area contributed by atoms with Crippen LogP contribution in [-0.4, -0.2) is 22.2 Å². The zero-order valence-electron chi connectivity index (χ0n) is 9.00. The van der Waals surface area contributed by atoms with Crippen LogP contribution in [-0.2, 0) is 9.59 Å². The van der Waals surface area contributed by atoms with E-state index in [1.165, 1.54) is 0 Å². The molecule has 0 aromatic heterocycles. The Kier molecular flexibility index (Phi) is 2.03. The lowest BCUT2D eigenvalue weighted by Crippen LogP contribution is -2.29. The number of carboxylic acid groups (broad SMARTS) is 2. The number of carbonyl (C=O) groups is 2. The molecule has 3 aliphatic rings. The van der Waals surface area contributed by atoms with Gasteiger partial charge in [-0.15, -0.1) is 0 Å². The van der Waals surface area contributed by atoms with Crippen molar-refractivity contribution < 1.29 is 19.8 Å². The van der Waals surface area contributed by atoms with Crippen LogP contribution in [0.15, 0.2) is 0 Å². The number of rotatable bonds is 2. The molecule has 3 rings (SSSR count). The smallest absolute Gasteiger partial charge is 0.306 e. The zero-order chi connectivity index (χ0) is 11.4. The van der Waals surface area contributed by atoms with Crippen LogP contribution in [0, 0.1) is 35.5 Å². The van der Waals surface area contributed by atoms with E-state index in [9.17, 15) is 9.59 Å². The molecule has 0 unspecified atom stereocenters. The van der Waals surface area contributed by atoms with E-state index in [2.05, 4.69) is 0 Å². The minimum atomic E-state index is -0.694. The zero-order valence-corrected chi connectivity index (χ0v) is 9.00. The molecule has 4 heteroatoms. The monoisotopic (exact) mass is 224 g/mol. The Hall–Kier alpha value is -1.06. The van der Waals surface area contributed by atoms with E-state index >= 15 is 0 Å². The van der Waals surface area contributed by atoms with Crippen molar-refractivity contribution in [2.75, 3.05) is 0 Å². The van der Waals surface area contributed by atoms with Crippen LogP contribution >= 0.6 is 0 Å². The molecule has 3 saturated carbocycles. The Morgan fingerprint density at radius 3 is 2.12 bits per heavy atom. The standard InChI is InChI=1S/C12H16O4/c13-11(14)6-3-7-5-1-9(8(7)4-6)10(2-5)12(15)16/h5-10H,1-4H2,(H,13,14)(H,15,16)/t5-,6-,7+,8-,9-,10+/m0/s1. The quantitative estimate of drug-likeness (QED) is 0.744. The lowest BCUT2D eigenvalue weighted by atomic mass is 9.76. The fourth-order valence-corrected chi connectivity index (χ4v) is 4.56. The summed E-state index contributed by atoms with van der Waals surface area (Å²) in [6.45, 7) is 0.